The maximum atomic E-state index is 11.7. The van der Waals surface area contributed by atoms with Crippen LogP contribution in [0.3, 0.4) is 0 Å². The molecule has 2 N–H and O–H groups in total. The average Bonchev–Trinajstić information content (AvgIpc) is 2.24. The number of aliphatic carboxylic acids is 1. The zero-order valence-corrected chi connectivity index (χ0v) is 12.4. The Morgan fingerprint density at radius 3 is 2.53 bits per heavy atom. The van der Waals surface area contributed by atoms with Crippen LogP contribution in [-0.4, -0.2) is 25.2 Å². The summed E-state index contributed by atoms with van der Waals surface area (Å²) in [7, 11) is -3.64. The molecule has 0 atom stereocenters. The number of hydrogen-bond donors (Lipinski definition) is 2. The summed E-state index contributed by atoms with van der Waals surface area (Å²) in [5, 5.41) is 9.09. The first-order chi connectivity index (χ1) is 8.71. The molecule has 8 heteroatoms. The van der Waals surface area contributed by atoms with Crippen molar-refractivity contribution in [3.63, 3.8) is 0 Å². The molecular formula is C11H13Cl2NO4S. The van der Waals surface area contributed by atoms with Crippen LogP contribution in [0.15, 0.2) is 12.1 Å². The van der Waals surface area contributed by atoms with Crippen molar-refractivity contribution < 1.29 is 18.3 Å². The summed E-state index contributed by atoms with van der Waals surface area (Å²) in [6, 6.07) is 2.98. The molecule has 0 radical (unpaired) electrons. The fraction of sp³-hybridized carbons (Fsp3) is 0.364. The number of sulfonamides is 1. The zero-order valence-electron chi connectivity index (χ0n) is 10.1. The van der Waals surface area contributed by atoms with Crippen LogP contribution in [0.2, 0.25) is 10.0 Å². The molecule has 0 saturated heterocycles. The lowest BCUT2D eigenvalue weighted by molar-refractivity contribution is -0.137. The van der Waals surface area contributed by atoms with Crippen LogP contribution in [0.5, 0.6) is 0 Å². The number of hydrogen-bond acceptors (Lipinski definition) is 3. The Kier molecular flexibility index (Phi) is 5.46. The third-order valence-corrected chi connectivity index (χ3v) is 4.39. The van der Waals surface area contributed by atoms with E-state index in [1.807, 2.05) is 0 Å². The van der Waals surface area contributed by atoms with Crippen LogP contribution in [0.1, 0.15) is 18.4 Å². The Morgan fingerprint density at radius 1 is 1.32 bits per heavy atom. The van der Waals surface area contributed by atoms with Gasteiger partial charge in [0.15, 0.2) is 0 Å². The van der Waals surface area contributed by atoms with Gasteiger partial charge in [0.1, 0.15) is 0 Å². The molecule has 0 bridgehead atoms. The van der Waals surface area contributed by atoms with E-state index < -0.39 is 16.0 Å². The molecule has 0 heterocycles. The highest BCUT2D eigenvalue weighted by Crippen LogP contribution is 2.29. The van der Waals surface area contributed by atoms with Gasteiger partial charge < -0.3 is 5.11 Å². The van der Waals surface area contributed by atoms with Gasteiger partial charge >= 0.3 is 5.97 Å². The molecule has 0 unspecified atom stereocenters. The average molecular weight is 326 g/mol. The van der Waals surface area contributed by atoms with E-state index in [-0.39, 0.29) is 29.3 Å². The zero-order chi connectivity index (χ0) is 14.6. The first-order valence-electron chi connectivity index (χ1n) is 5.39. The molecule has 0 spiro atoms. The number of anilines is 1. The Morgan fingerprint density at radius 2 is 1.95 bits per heavy atom. The molecular weight excluding hydrogens is 313 g/mol. The molecule has 0 saturated carbocycles. The maximum Gasteiger partial charge on any atom is 0.303 e. The van der Waals surface area contributed by atoms with Gasteiger partial charge in [0.2, 0.25) is 10.0 Å². The Bertz CT molecular complexity index is 587. The van der Waals surface area contributed by atoms with Crippen molar-refractivity contribution in [2.24, 2.45) is 0 Å². The van der Waals surface area contributed by atoms with Crippen molar-refractivity contribution in [2.45, 2.75) is 19.8 Å². The predicted octanol–water partition coefficient (Wildman–Crippen LogP) is 2.91. The molecule has 0 amide bonds. The highest BCUT2D eigenvalue weighted by Gasteiger charge is 2.14. The van der Waals surface area contributed by atoms with Crippen molar-refractivity contribution in [3.8, 4) is 0 Å². The van der Waals surface area contributed by atoms with Crippen molar-refractivity contribution in [3.05, 3.63) is 27.7 Å². The summed E-state index contributed by atoms with van der Waals surface area (Å²) in [4.78, 5) is 10.3. The first-order valence-corrected chi connectivity index (χ1v) is 7.80. The van der Waals surface area contributed by atoms with Gasteiger partial charge in [-0.15, -0.1) is 0 Å². The number of carbonyl (C=O) groups is 1. The summed E-state index contributed by atoms with van der Waals surface area (Å²) in [5.74, 6) is -1.33. The lowest BCUT2D eigenvalue weighted by Gasteiger charge is -2.10. The molecule has 0 fully saturated rings. The Hall–Kier alpha value is -0.980. The second-order valence-corrected chi connectivity index (χ2v) is 6.66. The van der Waals surface area contributed by atoms with Crippen LogP contribution < -0.4 is 4.72 Å². The van der Waals surface area contributed by atoms with Crippen LogP contribution in [0.4, 0.5) is 5.69 Å². The van der Waals surface area contributed by atoms with Gasteiger partial charge in [-0.3, -0.25) is 9.52 Å². The van der Waals surface area contributed by atoms with Gasteiger partial charge in [0.05, 0.1) is 16.5 Å². The summed E-state index contributed by atoms with van der Waals surface area (Å²) < 4.78 is 25.7. The van der Waals surface area contributed by atoms with Crippen molar-refractivity contribution in [1.29, 1.82) is 0 Å². The summed E-state index contributed by atoms with van der Waals surface area (Å²) in [6.45, 7) is 1.75. The minimum absolute atomic E-state index is 0.0296. The second kappa shape index (κ2) is 6.45. The highest BCUT2D eigenvalue weighted by molar-refractivity contribution is 7.92. The minimum atomic E-state index is -3.64. The van der Waals surface area contributed by atoms with Gasteiger partial charge in [-0.1, -0.05) is 23.2 Å². The van der Waals surface area contributed by atoms with E-state index in [9.17, 15) is 13.2 Å². The summed E-state index contributed by atoms with van der Waals surface area (Å²) in [5.41, 5.74) is 0.924. The first kappa shape index (κ1) is 16.1. The Balaban J connectivity index is 2.78. The molecule has 1 aromatic rings. The van der Waals surface area contributed by atoms with Gasteiger partial charge in [-0.05, 0) is 31.0 Å². The van der Waals surface area contributed by atoms with Crippen molar-refractivity contribution >= 4 is 44.9 Å². The third kappa shape index (κ3) is 5.26. The second-order valence-electron chi connectivity index (χ2n) is 4.00. The van der Waals surface area contributed by atoms with E-state index in [4.69, 9.17) is 28.3 Å². The monoisotopic (exact) mass is 325 g/mol. The van der Waals surface area contributed by atoms with Gasteiger partial charge in [-0.25, -0.2) is 8.42 Å². The lowest BCUT2D eigenvalue weighted by atomic mass is 10.2. The molecule has 0 aliphatic carbocycles. The Labute approximate surface area is 121 Å². The normalized spacial score (nSPS) is 11.3. The van der Waals surface area contributed by atoms with E-state index in [1.165, 1.54) is 6.07 Å². The van der Waals surface area contributed by atoms with E-state index in [0.29, 0.717) is 5.02 Å². The molecule has 0 aromatic heterocycles. The van der Waals surface area contributed by atoms with Gasteiger partial charge in [-0.2, -0.15) is 0 Å². The SMILES string of the molecule is Cc1cc(Cl)c(NS(=O)(=O)CCCC(=O)O)cc1Cl. The van der Waals surface area contributed by atoms with E-state index in [0.717, 1.165) is 5.56 Å². The van der Waals surface area contributed by atoms with Crippen molar-refractivity contribution in [1.82, 2.24) is 0 Å². The molecule has 5 nitrogen and oxygen atoms in total. The standard InChI is InChI=1S/C11H13Cl2NO4S/c1-7-5-9(13)10(6-8(7)12)14-19(17,18)4-2-3-11(15)16/h5-6,14H,2-4H2,1H3,(H,15,16). The smallest absolute Gasteiger partial charge is 0.303 e. The quantitative estimate of drug-likeness (QED) is 0.842. The minimum Gasteiger partial charge on any atom is -0.481 e. The number of halogens is 2. The van der Waals surface area contributed by atoms with Crippen LogP contribution in [0.25, 0.3) is 0 Å². The van der Waals surface area contributed by atoms with E-state index in [1.54, 1.807) is 13.0 Å². The number of aryl methyl sites for hydroxylation is 1. The predicted molar refractivity (Wildman–Crippen MR) is 75.5 cm³/mol. The van der Waals surface area contributed by atoms with Crippen molar-refractivity contribution in [2.75, 3.05) is 10.5 Å². The highest BCUT2D eigenvalue weighted by atomic mass is 35.5. The number of carboxylic acids is 1. The maximum absolute atomic E-state index is 11.7. The number of nitrogens with one attached hydrogen (secondary N) is 1. The molecule has 1 aromatic carbocycles. The summed E-state index contributed by atoms with van der Waals surface area (Å²) >= 11 is 11.8. The fourth-order valence-corrected chi connectivity index (χ4v) is 2.97. The largest absolute Gasteiger partial charge is 0.481 e. The number of benzene rings is 1. The van der Waals surface area contributed by atoms with Crippen LogP contribution in [0, 0.1) is 6.92 Å². The molecule has 1 rings (SSSR count). The topological polar surface area (TPSA) is 83.5 Å². The molecule has 106 valence electrons. The van der Waals surface area contributed by atoms with Gasteiger partial charge in [0, 0.05) is 11.4 Å². The van der Waals surface area contributed by atoms with E-state index in [2.05, 4.69) is 4.72 Å². The molecule has 19 heavy (non-hydrogen) atoms. The van der Waals surface area contributed by atoms with Crippen LogP contribution in [-0.2, 0) is 14.8 Å². The fourth-order valence-electron chi connectivity index (χ4n) is 1.36. The van der Waals surface area contributed by atoms with Gasteiger partial charge in [0.25, 0.3) is 0 Å². The number of carboxylic acid groups (broad SMARTS) is 1. The molecule has 0 aliphatic rings. The third-order valence-electron chi connectivity index (χ3n) is 2.32. The summed E-state index contributed by atoms with van der Waals surface area (Å²) in [6.07, 6.45) is -0.175. The molecule has 0 aliphatic heterocycles. The van der Waals surface area contributed by atoms with Crippen LogP contribution >= 0.6 is 23.2 Å². The van der Waals surface area contributed by atoms with E-state index >= 15 is 0 Å². The number of rotatable bonds is 6. The lowest BCUT2D eigenvalue weighted by Crippen LogP contribution is -2.17.